The van der Waals surface area contributed by atoms with Crippen LogP contribution in [-0.4, -0.2) is 24.9 Å². The molecular formula is C17H19N3O2. The van der Waals surface area contributed by atoms with E-state index in [1.807, 2.05) is 60.7 Å². The Morgan fingerprint density at radius 2 is 1.36 bits per heavy atom. The van der Waals surface area contributed by atoms with Crippen LogP contribution in [0.25, 0.3) is 0 Å². The number of amides is 2. The lowest BCUT2D eigenvalue weighted by molar-refractivity contribution is -0.124. The van der Waals surface area contributed by atoms with Crippen LogP contribution in [0.1, 0.15) is 17.2 Å². The number of nitrogens with one attached hydrogen (secondary N) is 2. The van der Waals surface area contributed by atoms with Crippen LogP contribution in [0.5, 0.6) is 0 Å². The Hall–Kier alpha value is -2.66. The van der Waals surface area contributed by atoms with Crippen molar-refractivity contribution in [3.05, 3.63) is 71.8 Å². The number of benzene rings is 2. The lowest BCUT2D eigenvalue weighted by Crippen LogP contribution is -2.40. The highest BCUT2D eigenvalue weighted by Crippen LogP contribution is 2.21. The molecule has 2 rings (SSSR count). The van der Waals surface area contributed by atoms with Crippen LogP contribution < -0.4 is 16.4 Å². The number of hydrogen-bond acceptors (Lipinski definition) is 3. The van der Waals surface area contributed by atoms with Crippen molar-refractivity contribution in [2.75, 3.05) is 13.1 Å². The van der Waals surface area contributed by atoms with Crippen LogP contribution in [0.4, 0.5) is 0 Å². The molecule has 0 aliphatic heterocycles. The molecule has 0 radical (unpaired) electrons. The van der Waals surface area contributed by atoms with Crippen LogP contribution in [0.3, 0.4) is 0 Å². The molecule has 5 nitrogen and oxygen atoms in total. The van der Waals surface area contributed by atoms with Crippen LogP contribution in [0.2, 0.25) is 0 Å². The van der Waals surface area contributed by atoms with Gasteiger partial charge in [-0.2, -0.15) is 0 Å². The Balaban J connectivity index is 2.06. The molecule has 0 saturated heterocycles. The van der Waals surface area contributed by atoms with Gasteiger partial charge in [0.25, 0.3) is 0 Å². The van der Waals surface area contributed by atoms with E-state index in [-0.39, 0.29) is 25.0 Å². The zero-order chi connectivity index (χ0) is 15.8. The second kappa shape index (κ2) is 7.95. The zero-order valence-corrected chi connectivity index (χ0v) is 12.2. The molecule has 114 valence electrons. The van der Waals surface area contributed by atoms with E-state index in [0.29, 0.717) is 0 Å². The first-order valence-corrected chi connectivity index (χ1v) is 7.05. The van der Waals surface area contributed by atoms with Gasteiger partial charge in [0.1, 0.15) is 0 Å². The fourth-order valence-electron chi connectivity index (χ4n) is 2.16. The Morgan fingerprint density at radius 3 is 1.82 bits per heavy atom. The van der Waals surface area contributed by atoms with Crippen molar-refractivity contribution in [3.63, 3.8) is 0 Å². The second-order valence-electron chi connectivity index (χ2n) is 4.88. The molecule has 0 heterocycles. The summed E-state index contributed by atoms with van der Waals surface area (Å²) in [6.07, 6.45) is 0. The highest BCUT2D eigenvalue weighted by Gasteiger charge is 2.14. The minimum Gasteiger partial charge on any atom is -0.368 e. The van der Waals surface area contributed by atoms with Gasteiger partial charge in [0.05, 0.1) is 19.1 Å². The summed E-state index contributed by atoms with van der Waals surface area (Å²) in [7, 11) is 0. The summed E-state index contributed by atoms with van der Waals surface area (Å²) in [6, 6.07) is 19.7. The van der Waals surface area contributed by atoms with E-state index in [9.17, 15) is 9.59 Å². The SMILES string of the molecule is NC(=O)CNC(=O)CNC(c1ccccc1)c1ccccc1. The van der Waals surface area contributed by atoms with E-state index in [1.165, 1.54) is 0 Å². The molecule has 0 saturated carbocycles. The highest BCUT2D eigenvalue weighted by molar-refractivity contribution is 5.84. The Morgan fingerprint density at radius 1 is 0.864 bits per heavy atom. The summed E-state index contributed by atoms with van der Waals surface area (Å²) >= 11 is 0. The summed E-state index contributed by atoms with van der Waals surface area (Å²) in [6.45, 7) is -0.0520. The third-order valence-corrected chi connectivity index (χ3v) is 3.19. The van der Waals surface area contributed by atoms with E-state index >= 15 is 0 Å². The molecule has 0 aliphatic carbocycles. The molecule has 22 heavy (non-hydrogen) atoms. The fourth-order valence-corrected chi connectivity index (χ4v) is 2.16. The number of nitrogens with two attached hydrogens (primary N) is 1. The van der Waals surface area contributed by atoms with Gasteiger partial charge < -0.3 is 11.1 Å². The van der Waals surface area contributed by atoms with Gasteiger partial charge in [0.15, 0.2) is 0 Å². The van der Waals surface area contributed by atoms with E-state index in [1.54, 1.807) is 0 Å². The molecule has 0 fully saturated rings. The molecule has 2 aromatic carbocycles. The van der Waals surface area contributed by atoms with Crippen molar-refractivity contribution >= 4 is 11.8 Å². The second-order valence-corrected chi connectivity index (χ2v) is 4.88. The molecule has 0 bridgehead atoms. The first-order chi connectivity index (χ1) is 10.7. The molecule has 5 heteroatoms. The molecule has 2 amide bonds. The summed E-state index contributed by atoms with van der Waals surface area (Å²) in [5.41, 5.74) is 7.14. The standard InChI is InChI=1S/C17H19N3O2/c18-15(21)11-19-16(22)12-20-17(13-7-3-1-4-8-13)14-9-5-2-6-10-14/h1-10,17,20H,11-12H2,(H2,18,21)(H,19,22). The van der Waals surface area contributed by atoms with Gasteiger partial charge in [0.2, 0.25) is 11.8 Å². The van der Waals surface area contributed by atoms with Crippen LogP contribution in [0.15, 0.2) is 60.7 Å². The minimum atomic E-state index is -0.559. The largest absolute Gasteiger partial charge is 0.368 e. The monoisotopic (exact) mass is 297 g/mol. The van der Waals surface area contributed by atoms with Gasteiger partial charge in [-0.25, -0.2) is 0 Å². The van der Waals surface area contributed by atoms with Crippen LogP contribution in [0, 0.1) is 0 Å². The maximum atomic E-state index is 11.7. The average molecular weight is 297 g/mol. The molecule has 4 N–H and O–H groups in total. The third kappa shape index (κ3) is 4.71. The van der Waals surface area contributed by atoms with Crippen molar-refractivity contribution in [2.45, 2.75) is 6.04 Å². The first kappa shape index (κ1) is 15.7. The van der Waals surface area contributed by atoms with Gasteiger partial charge in [-0.3, -0.25) is 14.9 Å². The summed E-state index contributed by atoms with van der Waals surface area (Å²) in [4.78, 5) is 22.4. The minimum absolute atomic E-state index is 0.0956. The first-order valence-electron chi connectivity index (χ1n) is 7.05. The zero-order valence-electron chi connectivity index (χ0n) is 12.2. The number of carbonyl (C=O) groups is 2. The predicted octanol–water partition coefficient (Wildman–Crippen LogP) is 0.967. The summed E-state index contributed by atoms with van der Waals surface area (Å²) < 4.78 is 0. The summed E-state index contributed by atoms with van der Waals surface area (Å²) in [5, 5.41) is 5.68. The van der Waals surface area contributed by atoms with Gasteiger partial charge in [-0.1, -0.05) is 60.7 Å². The quantitative estimate of drug-likeness (QED) is 0.712. The maximum Gasteiger partial charge on any atom is 0.236 e. The van der Waals surface area contributed by atoms with E-state index in [4.69, 9.17) is 5.73 Å². The number of rotatable bonds is 7. The average Bonchev–Trinajstić information content (AvgIpc) is 2.55. The summed E-state index contributed by atoms with van der Waals surface area (Å²) in [5.74, 6) is -0.827. The third-order valence-electron chi connectivity index (χ3n) is 3.19. The van der Waals surface area contributed by atoms with E-state index in [2.05, 4.69) is 10.6 Å². The lowest BCUT2D eigenvalue weighted by Gasteiger charge is -2.19. The van der Waals surface area contributed by atoms with Crippen molar-refractivity contribution in [2.24, 2.45) is 5.73 Å². The Bertz CT molecular complexity index is 575. The normalized spacial score (nSPS) is 10.4. The molecule has 0 spiro atoms. The molecule has 0 aromatic heterocycles. The van der Waals surface area contributed by atoms with Gasteiger partial charge >= 0.3 is 0 Å². The maximum absolute atomic E-state index is 11.7. The fraction of sp³-hybridized carbons (Fsp3) is 0.176. The Labute approximate surface area is 129 Å². The van der Waals surface area contributed by atoms with E-state index in [0.717, 1.165) is 11.1 Å². The van der Waals surface area contributed by atoms with E-state index < -0.39 is 5.91 Å². The smallest absolute Gasteiger partial charge is 0.236 e. The molecular weight excluding hydrogens is 278 g/mol. The van der Waals surface area contributed by atoms with Crippen molar-refractivity contribution in [3.8, 4) is 0 Å². The molecule has 0 unspecified atom stereocenters. The molecule has 0 atom stereocenters. The number of carbonyl (C=O) groups excluding carboxylic acids is 2. The van der Waals surface area contributed by atoms with Gasteiger partial charge in [-0.15, -0.1) is 0 Å². The van der Waals surface area contributed by atoms with Gasteiger partial charge in [-0.05, 0) is 11.1 Å². The lowest BCUT2D eigenvalue weighted by atomic mass is 9.99. The van der Waals surface area contributed by atoms with Crippen LogP contribution >= 0.6 is 0 Å². The molecule has 2 aromatic rings. The number of primary amides is 1. The van der Waals surface area contributed by atoms with Crippen molar-refractivity contribution in [1.82, 2.24) is 10.6 Å². The highest BCUT2D eigenvalue weighted by atomic mass is 16.2. The van der Waals surface area contributed by atoms with Crippen LogP contribution in [-0.2, 0) is 9.59 Å². The Kier molecular flexibility index (Phi) is 5.68. The predicted molar refractivity (Wildman–Crippen MR) is 84.9 cm³/mol. The molecule has 0 aliphatic rings. The topological polar surface area (TPSA) is 84.2 Å². The van der Waals surface area contributed by atoms with Gasteiger partial charge in [0, 0.05) is 0 Å². The number of hydrogen-bond donors (Lipinski definition) is 3. The van der Waals surface area contributed by atoms with Crippen molar-refractivity contribution < 1.29 is 9.59 Å². The van der Waals surface area contributed by atoms with Crippen molar-refractivity contribution in [1.29, 1.82) is 0 Å².